The zero-order valence-corrected chi connectivity index (χ0v) is 17.2. The molecule has 2 saturated heterocycles. The van der Waals surface area contributed by atoms with Crippen molar-refractivity contribution in [2.24, 2.45) is 0 Å². The van der Waals surface area contributed by atoms with Gasteiger partial charge in [-0.3, -0.25) is 4.79 Å². The molecule has 6 nitrogen and oxygen atoms in total. The van der Waals surface area contributed by atoms with Crippen LogP contribution in [0.15, 0.2) is 70.1 Å². The van der Waals surface area contributed by atoms with Gasteiger partial charge in [0.15, 0.2) is 0 Å². The number of benzene rings is 2. The van der Waals surface area contributed by atoms with Crippen LogP contribution in [-0.4, -0.2) is 54.7 Å². The Labute approximate surface area is 173 Å². The molecule has 1 amide bonds. The van der Waals surface area contributed by atoms with Crippen LogP contribution in [0.25, 0.3) is 10.2 Å². The largest absolute Gasteiger partial charge is 0.334 e. The molecule has 0 saturated carbocycles. The molecule has 3 aromatic rings. The van der Waals surface area contributed by atoms with Crippen molar-refractivity contribution in [2.75, 3.05) is 26.2 Å². The van der Waals surface area contributed by atoms with Gasteiger partial charge in [-0.2, -0.15) is 4.31 Å². The van der Waals surface area contributed by atoms with Gasteiger partial charge < -0.3 is 4.90 Å². The summed E-state index contributed by atoms with van der Waals surface area (Å²) in [6, 6.07) is 14.8. The van der Waals surface area contributed by atoms with Crippen molar-refractivity contribution in [3.05, 3.63) is 70.8 Å². The lowest BCUT2D eigenvalue weighted by Gasteiger charge is -2.41. The van der Waals surface area contributed by atoms with E-state index in [0.717, 1.165) is 21.4 Å². The maximum Gasteiger partial charge on any atom is 0.243 e. The number of rotatable bonds is 4. The number of carbonyl (C=O) groups is 1. The molecule has 0 aliphatic carbocycles. The van der Waals surface area contributed by atoms with E-state index >= 15 is 0 Å². The lowest BCUT2D eigenvalue weighted by molar-refractivity contribution is -0.131. The summed E-state index contributed by atoms with van der Waals surface area (Å²) >= 11 is 1.44. The van der Waals surface area contributed by atoms with E-state index in [1.54, 1.807) is 23.7 Å². The van der Waals surface area contributed by atoms with Crippen molar-refractivity contribution in [3.63, 3.8) is 0 Å². The van der Waals surface area contributed by atoms with Gasteiger partial charge in [-0.05, 0) is 34.9 Å². The first-order valence-corrected chi connectivity index (χ1v) is 11.7. The first-order chi connectivity index (χ1) is 14.0. The van der Waals surface area contributed by atoms with E-state index in [-0.39, 0.29) is 5.91 Å². The molecule has 5 rings (SSSR count). The van der Waals surface area contributed by atoms with Gasteiger partial charge in [0.25, 0.3) is 0 Å². The molecule has 29 heavy (non-hydrogen) atoms. The van der Waals surface area contributed by atoms with Gasteiger partial charge in [0.2, 0.25) is 15.9 Å². The summed E-state index contributed by atoms with van der Waals surface area (Å²) in [5.41, 5.74) is 5.87. The molecule has 0 spiro atoms. The second kappa shape index (κ2) is 7.05. The van der Waals surface area contributed by atoms with Crippen LogP contribution in [0, 0.1) is 0 Å². The Morgan fingerprint density at radius 1 is 1.00 bits per heavy atom. The molecular formula is C21H19N3O3S2. The van der Waals surface area contributed by atoms with Gasteiger partial charge in [0.05, 0.1) is 27.0 Å². The Bertz CT molecular complexity index is 1220. The van der Waals surface area contributed by atoms with Crippen LogP contribution in [0.4, 0.5) is 0 Å². The predicted molar refractivity (Wildman–Crippen MR) is 112 cm³/mol. The number of carbonyl (C=O) groups excluding carboxylic acids is 1. The Hall–Kier alpha value is -2.55. The summed E-state index contributed by atoms with van der Waals surface area (Å²) in [6.45, 7) is 2.06. The number of likely N-dealkylation sites (tertiary alicyclic amines) is 1. The van der Waals surface area contributed by atoms with Crippen molar-refractivity contribution in [2.45, 2.75) is 11.3 Å². The fraction of sp³-hybridized carbons (Fsp3) is 0.238. The summed E-state index contributed by atoms with van der Waals surface area (Å²) in [5, 5.41) is 0. The summed E-state index contributed by atoms with van der Waals surface area (Å²) < 4.78 is 28.1. The summed E-state index contributed by atoms with van der Waals surface area (Å²) in [5.74, 6) is 0.113. The van der Waals surface area contributed by atoms with Crippen LogP contribution in [0.3, 0.4) is 0 Å². The molecule has 3 heterocycles. The van der Waals surface area contributed by atoms with E-state index in [1.165, 1.54) is 21.2 Å². The third-order valence-electron chi connectivity index (χ3n) is 5.49. The lowest BCUT2D eigenvalue weighted by Crippen LogP contribution is -2.51. The highest BCUT2D eigenvalue weighted by Gasteiger charge is 2.37. The van der Waals surface area contributed by atoms with Gasteiger partial charge in [-0.1, -0.05) is 30.3 Å². The van der Waals surface area contributed by atoms with Gasteiger partial charge in [-0.15, -0.1) is 11.3 Å². The van der Waals surface area contributed by atoms with E-state index < -0.39 is 10.0 Å². The molecule has 0 N–H and O–H groups in total. The molecule has 2 fully saturated rings. The smallest absolute Gasteiger partial charge is 0.243 e. The minimum atomic E-state index is -3.50. The third kappa shape index (κ3) is 3.37. The number of aromatic nitrogens is 1. The molecule has 0 atom stereocenters. The molecular weight excluding hydrogens is 406 g/mol. The average molecular weight is 426 g/mol. The maximum absolute atomic E-state index is 12.9. The minimum Gasteiger partial charge on any atom is -0.334 e. The maximum atomic E-state index is 12.9. The molecule has 2 aliphatic heterocycles. The number of amides is 1. The molecule has 0 unspecified atom stereocenters. The number of thiazole rings is 1. The zero-order chi connectivity index (χ0) is 20.0. The topological polar surface area (TPSA) is 70.6 Å². The number of fused-ring (bicyclic) bond motifs is 1. The Balaban J connectivity index is 1.21. The molecule has 0 radical (unpaired) electrons. The van der Waals surface area contributed by atoms with Crippen LogP contribution >= 0.6 is 11.3 Å². The predicted octanol–water partition coefficient (Wildman–Crippen LogP) is 2.68. The minimum absolute atomic E-state index is 0.113. The second-order valence-corrected chi connectivity index (χ2v) is 10.2. The molecule has 1 aromatic heterocycles. The number of nitrogens with zero attached hydrogens (tertiary/aromatic N) is 3. The fourth-order valence-corrected chi connectivity index (χ4v) is 5.86. The van der Waals surface area contributed by atoms with Gasteiger partial charge in [-0.25, -0.2) is 13.4 Å². The van der Waals surface area contributed by atoms with Crippen molar-refractivity contribution < 1.29 is 13.2 Å². The van der Waals surface area contributed by atoms with E-state index in [0.29, 0.717) is 37.5 Å². The quantitative estimate of drug-likeness (QED) is 0.603. The molecule has 8 heteroatoms. The monoisotopic (exact) mass is 425 g/mol. The summed E-state index contributed by atoms with van der Waals surface area (Å²) in [7, 11) is -3.50. The van der Waals surface area contributed by atoms with Gasteiger partial charge in [0, 0.05) is 26.2 Å². The molecule has 2 aromatic carbocycles. The first-order valence-electron chi connectivity index (χ1n) is 9.35. The highest BCUT2D eigenvalue weighted by atomic mass is 32.2. The summed E-state index contributed by atoms with van der Waals surface area (Å²) in [4.78, 5) is 18.7. The van der Waals surface area contributed by atoms with Gasteiger partial charge >= 0.3 is 0 Å². The van der Waals surface area contributed by atoms with Crippen molar-refractivity contribution in [1.82, 2.24) is 14.2 Å². The van der Waals surface area contributed by atoms with Crippen molar-refractivity contribution >= 4 is 37.5 Å². The Kier molecular flexibility index (Phi) is 4.49. The van der Waals surface area contributed by atoms with E-state index in [9.17, 15) is 13.2 Å². The number of hydrogen-bond donors (Lipinski definition) is 0. The highest BCUT2D eigenvalue weighted by Crippen LogP contribution is 2.31. The van der Waals surface area contributed by atoms with Crippen LogP contribution in [0.1, 0.15) is 5.56 Å². The second-order valence-electron chi connectivity index (χ2n) is 7.37. The Morgan fingerprint density at radius 2 is 1.72 bits per heavy atom. The van der Waals surface area contributed by atoms with E-state index in [1.807, 2.05) is 35.2 Å². The van der Waals surface area contributed by atoms with E-state index in [4.69, 9.17) is 0 Å². The lowest BCUT2D eigenvalue weighted by atomic mass is 9.96. The third-order valence-corrected chi connectivity index (χ3v) is 8.07. The van der Waals surface area contributed by atoms with Crippen molar-refractivity contribution in [1.29, 1.82) is 0 Å². The van der Waals surface area contributed by atoms with Crippen LogP contribution in [-0.2, 0) is 21.2 Å². The molecule has 0 bridgehead atoms. The normalized spacial score (nSPS) is 17.3. The molecule has 148 valence electrons. The van der Waals surface area contributed by atoms with Gasteiger partial charge in [0.1, 0.15) is 0 Å². The van der Waals surface area contributed by atoms with Crippen LogP contribution in [0.5, 0.6) is 0 Å². The van der Waals surface area contributed by atoms with E-state index in [2.05, 4.69) is 4.98 Å². The van der Waals surface area contributed by atoms with Crippen LogP contribution < -0.4 is 0 Å². The van der Waals surface area contributed by atoms with Crippen LogP contribution in [0.2, 0.25) is 0 Å². The number of sulfonamides is 1. The fourth-order valence-electron chi connectivity index (χ4n) is 3.61. The summed E-state index contributed by atoms with van der Waals surface area (Å²) in [6.07, 6.45) is 0.407. The first kappa shape index (κ1) is 18.5. The standard InChI is InChI=1S/C21H19N3O3S2/c25-21(8-15-4-2-1-3-5-15)23-10-16(11-23)17-12-24(13-17)29(26,27)18-6-7-19-20(9-18)28-14-22-19/h1-7,9,14H,8,10-13H2. The highest BCUT2D eigenvalue weighted by molar-refractivity contribution is 7.89. The van der Waals surface area contributed by atoms with Crippen molar-refractivity contribution in [3.8, 4) is 0 Å². The Morgan fingerprint density at radius 3 is 2.48 bits per heavy atom. The SMILES string of the molecule is O=C(Cc1ccccc1)N1CC(=C2CN(S(=O)(=O)c3ccc4ncsc4c3)C2)C1. The zero-order valence-electron chi connectivity index (χ0n) is 15.6. The molecule has 2 aliphatic rings. The average Bonchev–Trinajstić information content (AvgIpc) is 3.10. The number of hydrogen-bond acceptors (Lipinski definition) is 5.